The van der Waals surface area contributed by atoms with Crippen LogP contribution in [-0.4, -0.2) is 40.0 Å². The van der Waals surface area contributed by atoms with Crippen LogP contribution in [-0.2, 0) is 13.1 Å². The summed E-state index contributed by atoms with van der Waals surface area (Å²) < 4.78 is 2.21. The van der Waals surface area contributed by atoms with E-state index >= 15 is 0 Å². The van der Waals surface area contributed by atoms with Crippen molar-refractivity contribution >= 4 is 16.9 Å². The van der Waals surface area contributed by atoms with Gasteiger partial charge in [0.2, 0.25) is 0 Å². The molecule has 1 atom stereocenters. The predicted octanol–water partition coefficient (Wildman–Crippen LogP) is 2.32. The Hall–Kier alpha value is -2.14. The third kappa shape index (κ3) is 2.55. The Morgan fingerprint density at radius 2 is 2.35 bits per heavy atom. The molecule has 1 N–H and O–H groups in total. The number of rotatable bonds is 3. The van der Waals surface area contributed by atoms with Crippen molar-refractivity contribution in [3.63, 3.8) is 0 Å². The molecule has 1 unspecified atom stereocenters. The van der Waals surface area contributed by atoms with E-state index in [1.807, 2.05) is 18.2 Å². The van der Waals surface area contributed by atoms with E-state index in [1.165, 1.54) is 19.3 Å². The minimum Gasteiger partial charge on any atom is -0.350 e. The van der Waals surface area contributed by atoms with Gasteiger partial charge in [-0.05, 0) is 38.4 Å². The average molecular weight is 310 g/mol. The van der Waals surface area contributed by atoms with E-state index in [4.69, 9.17) is 4.98 Å². The van der Waals surface area contributed by atoms with Crippen LogP contribution in [0.15, 0.2) is 30.4 Å². The zero-order valence-electron chi connectivity index (χ0n) is 13.5. The maximum Gasteiger partial charge on any atom is 0.253 e. The lowest BCUT2D eigenvalue weighted by atomic mass is 10.0. The number of likely N-dealkylation sites (N-methyl/N-ethyl adjacent to an activating group) is 1. The van der Waals surface area contributed by atoms with Crippen molar-refractivity contribution in [3.8, 4) is 0 Å². The second-order valence-electron chi connectivity index (χ2n) is 6.45. The fourth-order valence-corrected chi connectivity index (χ4v) is 3.66. The highest BCUT2D eigenvalue weighted by Crippen LogP contribution is 2.24. The lowest BCUT2D eigenvalue weighted by Gasteiger charge is -2.27. The third-order valence-corrected chi connectivity index (χ3v) is 4.90. The minimum absolute atomic E-state index is 0.00404. The largest absolute Gasteiger partial charge is 0.350 e. The summed E-state index contributed by atoms with van der Waals surface area (Å²) >= 11 is 0. The molecule has 1 aliphatic carbocycles. The van der Waals surface area contributed by atoms with Crippen molar-refractivity contribution in [1.82, 2.24) is 19.8 Å². The van der Waals surface area contributed by atoms with Gasteiger partial charge in [0.25, 0.3) is 5.91 Å². The molecule has 120 valence electrons. The number of nitrogens with one attached hydrogen (secondary N) is 1. The summed E-state index contributed by atoms with van der Waals surface area (Å²) in [4.78, 5) is 19.4. The zero-order chi connectivity index (χ0) is 15.8. The van der Waals surface area contributed by atoms with Gasteiger partial charge >= 0.3 is 0 Å². The zero-order valence-corrected chi connectivity index (χ0v) is 13.5. The van der Waals surface area contributed by atoms with Gasteiger partial charge in [-0.2, -0.15) is 0 Å². The summed E-state index contributed by atoms with van der Waals surface area (Å²) in [6.07, 6.45) is 8.25. The van der Waals surface area contributed by atoms with E-state index in [0.717, 1.165) is 35.5 Å². The number of benzene rings is 1. The number of amides is 1. The van der Waals surface area contributed by atoms with E-state index in [9.17, 15) is 4.79 Å². The smallest absolute Gasteiger partial charge is 0.253 e. The van der Waals surface area contributed by atoms with E-state index < -0.39 is 0 Å². The summed E-state index contributed by atoms with van der Waals surface area (Å²) in [5.74, 6) is 1.05. The lowest BCUT2D eigenvalue weighted by Crippen LogP contribution is -2.32. The molecule has 0 radical (unpaired) electrons. The molecule has 1 aromatic carbocycles. The summed E-state index contributed by atoms with van der Waals surface area (Å²) in [6.45, 7) is 2.24. The standard InChI is InChI=1S/C18H22N4O/c1-21(13-6-3-2-4-7-13)12-16-20-15-9-5-8-14-17(15)22(16)11-10-19-18(14)23/h3,5-6,8-9,13H,2,4,7,10-12H2,1H3,(H,19,23). The number of hydrogen-bond donors (Lipinski definition) is 1. The van der Waals surface area contributed by atoms with Crippen LogP contribution in [0.4, 0.5) is 0 Å². The van der Waals surface area contributed by atoms with Crippen molar-refractivity contribution in [2.24, 2.45) is 0 Å². The normalized spacial score (nSPS) is 20.8. The second-order valence-corrected chi connectivity index (χ2v) is 6.45. The van der Waals surface area contributed by atoms with E-state index in [-0.39, 0.29) is 5.91 Å². The van der Waals surface area contributed by atoms with Crippen molar-refractivity contribution in [2.75, 3.05) is 13.6 Å². The number of imidazole rings is 1. The molecule has 0 spiro atoms. The minimum atomic E-state index is 0.00404. The maximum atomic E-state index is 12.2. The number of nitrogens with zero attached hydrogens (tertiary/aromatic N) is 3. The SMILES string of the molecule is CN(Cc1nc2cccc3c2n1CCNC3=O)C1C=CCCC1. The van der Waals surface area contributed by atoms with Gasteiger partial charge in [-0.25, -0.2) is 4.98 Å². The Labute approximate surface area is 136 Å². The Kier molecular flexibility index (Phi) is 3.65. The number of para-hydroxylation sites is 1. The molecule has 1 amide bonds. The Morgan fingerprint density at radius 1 is 1.43 bits per heavy atom. The average Bonchev–Trinajstić information content (AvgIpc) is 2.82. The molecule has 2 aromatic rings. The van der Waals surface area contributed by atoms with Crippen molar-refractivity contribution in [1.29, 1.82) is 0 Å². The van der Waals surface area contributed by atoms with Crippen LogP contribution >= 0.6 is 0 Å². The molecule has 1 aliphatic heterocycles. The van der Waals surface area contributed by atoms with Gasteiger partial charge in [-0.3, -0.25) is 9.69 Å². The highest BCUT2D eigenvalue weighted by Gasteiger charge is 2.23. The van der Waals surface area contributed by atoms with E-state index in [1.54, 1.807) is 0 Å². The van der Waals surface area contributed by atoms with Crippen LogP contribution in [0, 0.1) is 0 Å². The molecule has 2 aliphatic rings. The fraction of sp³-hybridized carbons (Fsp3) is 0.444. The molecule has 5 heteroatoms. The van der Waals surface area contributed by atoms with Crippen LogP contribution in [0.2, 0.25) is 0 Å². The number of carbonyl (C=O) groups excluding carboxylic acids is 1. The predicted molar refractivity (Wildman–Crippen MR) is 90.3 cm³/mol. The van der Waals surface area contributed by atoms with Gasteiger partial charge in [0.15, 0.2) is 0 Å². The van der Waals surface area contributed by atoms with Gasteiger partial charge in [-0.1, -0.05) is 18.2 Å². The molecule has 0 bridgehead atoms. The molecule has 5 nitrogen and oxygen atoms in total. The molecular weight excluding hydrogens is 288 g/mol. The molecule has 0 saturated heterocycles. The van der Waals surface area contributed by atoms with Crippen LogP contribution in [0.1, 0.15) is 35.4 Å². The number of carbonyl (C=O) groups is 1. The topological polar surface area (TPSA) is 50.2 Å². The van der Waals surface area contributed by atoms with Gasteiger partial charge in [0.05, 0.1) is 23.1 Å². The van der Waals surface area contributed by atoms with Crippen molar-refractivity contribution in [2.45, 2.75) is 38.4 Å². The Morgan fingerprint density at radius 3 is 3.17 bits per heavy atom. The summed E-state index contributed by atoms with van der Waals surface area (Å²) in [7, 11) is 2.16. The molecular formula is C18H22N4O. The number of aromatic nitrogens is 2. The molecule has 23 heavy (non-hydrogen) atoms. The second kappa shape index (κ2) is 5.81. The Bertz CT molecular complexity index is 777. The van der Waals surface area contributed by atoms with Gasteiger partial charge in [0, 0.05) is 19.1 Å². The van der Waals surface area contributed by atoms with Gasteiger partial charge in [-0.15, -0.1) is 0 Å². The van der Waals surface area contributed by atoms with E-state index in [2.05, 4.69) is 34.0 Å². The first kappa shape index (κ1) is 14.5. The van der Waals surface area contributed by atoms with Gasteiger partial charge in [0.1, 0.15) is 5.82 Å². The van der Waals surface area contributed by atoms with Crippen LogP contribution in [0.5, 0.6) is 0 Å². The first-order chi connectivity index (χ1) is 11.2. The van der Waals surface area contributed by atoms with Crippen LogP contribution in [0.25, 0.3) is 11.0 Å². The summed E-state index contributed by atoms with van der Waals surface area (Å²) in [5, 5.41) is 2.97. The quantitative estimate of drug-likeness (QED) is 0.885. The molecule has 0 fully saturated rings. The first-order valence-corrected chi connectivity index (χ1v) is 8.37. The van der Waals surface area contributed by atoms with Crippen LogP contribution in [0.3, 0.4) is 0 Å². The lowest BCUT2D eigenvalue weighted by molar-refractivity contribution is 0.0956. The van der Waals surface area contributed by atoms with Gasteiger partial charge < -0.3 is 9.88 Å². The number of allylic oxidation sites excluding steroid dienone is 1. The summed E-state index contributed by atoms with van der Waals surface area (Å²) in [5.41, 5.74) is 2.63. The number of hydrogen-bond acceptors (Lipinski definition) is 3. The molecule has 4 rings (SSSR count). The van der Waals surface area contributed by atoms with Crippen LogP contribution < -0.4 is 5.32 Å². The highest BCUT2D eigenvalue weighted by molar-refractivity contribution is 6.05. The van der Waals surface area contributed by atoms with Crippen molar-refractivity contribution < 1.29 is 4.79 Å². The molecule has 1 aromatic heterocycles. The maximum absolute atomic E-state index is 12.2. The third-order valence-electron chi connectivity index (χ3n) is 4.90. The summed E-state index contributed by atoms with van der Waals surface area (Å²) in [6, 6.07) is 6.29. The molecule has 0 saturated carbocycles. The van der Waals surface area contributed by atoms with E-state index in [0.29, 0.717) is 12.6 Å². The van der Waals surface area contributed by atoms with Crippen molar-refractivity contribution in [3.05, 3.63) is 41.7 Å². The first-order valence-electron chi connectivity index (χ1n) is 8.37. The molecule has 2 heterocycles. The highest BCUT2D eigenvalue weighted by atomic mass is 16.1. The Balaban J connectivity index is 1.71. The fourth-order valence-electron chi connectivity index (χ4n) is 3.66. The monoisotopic (exact) mass is 310 g/mol.